The summed E-state index contributed by atoms with van der Waals surface area (Å²) in [7, 11) is 0. The second kappa shape index (κ2) is 9.72. The summed E-state index contributed by atoms with van der Waals surface area (Å²) in [5, 5.41) is 26.6. The minimum atomic E-state index is -0.400. The Morgan fingerprint density at radius 2 is 1.84 bits per heavy atom. The Bertz CT molecular complexity index is 1180. The van der Waals surface area contributed by atoms with Crippen molar-refractivity contribution in [3.8, 4) is 23.0 Å². The number of amides is 1. The van der Waals surface area contributed by atoms with Crippen LogP contribution in [0.3, 0.4) is 0 Å². The van der Waals surface area contributed by atoms with E-state index in [1.54, 1.807) is 42.5 Å². The van der Waals surface area contributed by atoms with Crippen LogP contribution in [0.15, 0.2) is 42.5 Å². The minimum absolute atomic E-state index is 0.114. The maximum atomic E-state index is 13.1. The molecule has 3 aromatic rings. The minimum Gasteiger partial charge on any atom is -0.392 e. The van der Waals surface area contributed by atoms with E-state index in [4.69, 9.17) is 28.5 Å². The van der Waals surface area contributed by atoms with Crippen molar-refractivity contribution in [1.82, 2.24) is 20.2 Å². The number of aromatic nitrogens is 2. The molecule has 4 rings (SSSR count). The fraction of sp³-hybridized carbons (Fsp3) is 0.261. The molecule has 32 heavy (non-hydrogen) atoms. The van der Waals surface area contributed by atoms with E-state index in [0.29, 0.717) is 38.1 Å². The van der Waals surface area contributed by atoms with Gasteiger partial charge in [-0.15, -0.1) is 0 Å². The van der Waals surface area contributed by atoms with Gasteiger partial charge < -0.3 is 5.11 Å². The van der Waals surface area contributed by atoms with Crippen LogP contribution in [0, 0.1) is 11.3 Å². The summed E-state index contributed by atoms with van der Waals surface area (Å²) >= 11 is 12.5. The van der Waals surface area contributed by atoms with Gasteiger partial charge in [0, 0.05) is 29.2 Å². The van der Waals surface area contributed by atoms with E-state index >= 15 is 0 Å². The Hall–Kier alpha value is -2.89. The van der Waals surface area contributed by atoms with Gasteiger partial charge in [0.2, 0.25) is 0 Å². The predicted molar refractivity (Wildman–Crippen MR) is 123 cm³/mol. The standard InChI is InChI=1S/C23H21Cl2N5O2/c24-17-8-9-20(19(25)12-17)30-22(16-6-4-15(13-26)5-7-16)18(14-31)21(27-30)23(32)28-29-10-2-1-3-11-29/h4-9,12,31H,1-3,10-11,14H2,(H,28,32). The number of aliphatic hydroxyl groups excluding tert-OH is 1. The molecular formula is C23H21Cl2N5O2. The molecule has 0 spiro atoms. The zero-order valence-corrected chi connectivity index (χ0v) is 18.7. The maximum Gasteiger partial charge on any atom is 0.286 e. The van der Waals surface area contributed by atoms with E-state index < -0.39 is 12.5 Å². The van der Waals surface area contributed by atoms with Gasteiger partial charge in [-0.1, -0.05) is 41.8 Å². The third-order valence-electron chi connectivity index (χ3n) is 5.40. The van der Waals surface area contributed by atoms with Crippen molar-refractivity contribution in [2.45, 2.75) is 25.9 Å². The molecule has 0 saturated carbocycles. The lowest BCUT2D eigenvalue weighted by molar-refractivity contribution is 0.0741. The average Bonchev–Trinajstić information content (AvgIpc) is 3.19. The number of hydrazine groups is 1. The number of rotatable bonds is 5. The molecule has 1 amide bonds. The second-order valence-corrected chi connectivity index (χ2v) is 8.36. The van der Waals surface area contributed by atoms with Gasteiger partial charge in [0.25, 0.3) is 5.91 Å². The number of carbonyl (C=O) groups is 1. The smallest absolute Gasteiger partial charge is 0.286 e. The zero-order chi connectivity index (χ0) is 22.7. The van der Waals surface area contributed by atoms with Crippen LogP contribution in [-0.2, 0) is 6.61 Å². The lowest BCUT2D eigenvalue weighted by Crippen LogP contribution is -2.45. The Kier molecular flexibility index (Phi) is 6.77. The molecule has 1 aromatic heterocycles. The van der Waals surface area contributed by atoms with Crippen LogP contribution in [-0.4, -0.2) is 38.9 Å². The summed E-state index contributed by atoms with van der Waals surface area (Å²) < 4.78 is 1.54. The number of carbonyl (C=O) groups excluding carboxylic acids is 1. The van der Waals surface area contributed by atoms with Crippen molar-refractivity contribution >= 4 is 29.1 Å². The fourth-order valence-electron chi connectivity index (χ4n) is 3.81. The lowest BCUT2D eigenvalue weighted by Gasteiger charge is -2.26. The average molecular weight is 470 g/mol. The van der Waals surface area contributed by atoms with Gasteiger partial charge in [-0.3, -0.25) is 10.2 Å². The summed E-state index contributed by atoms with van der Waals surface area (Å²) in [5.41, 5.74) is 5.61. The number of piperidine rings is 1. The van der Waals surface area contributed by atoms with Crippen molar-refractivity contribution in [1.29, 1.82) is 5.26 Å². The molecule has 7 nitrogen and oxygen atoms in total. The number of nitrogens with zero attached hydrogens (tertiary/aromatic N) is 4. The van der Waals surface area contributed by atoms with Gasteiger partial charge in [0.1, 0.15) is 0 Å². The van der Waals surface area contributed by atoms with E-state index in [0.717, 1.165) is 32.4 Å². The first-order valence-corrected chi connectivity index (χ1v) is 11.0. The van der Waals surface area contributed by atoms with Crippen molar-refractivity contribution in [3.05, 3.63) is 69.3 Å². The monoisotopic (exact) mass is 469 g/mol. The fourth-order valence-corrected chi connectivity index (χ4v) is 4.30. The summed E-state index contributed by atoms with van der Waals surface area (Å²) in [6.07, 6.45) is 3.16. The molecule has 2 aromatic carbocycles. The number of aliphatic hydroxyl groups is 1. The Labute approximate surface area is 195 Å². The molecule has 9 heteroatoms. The number of nitriles is 1. The van der Waals surface area contributed by atoms with Gasteiger partial charge in [0.15, 0.2) is 5.69 Å². The van der Waals surface area contributed by atoms with Gasteiger partial charge >= 0.3 is 0 Å². The van der Waals surface area contributed by atoms with Crippen molar-refractivity contribution in [3.63, 3.8) is 0 Å². The highest BCUT2D eigenvalue weighted by atomic mass is 35.5. The van der Waals surface area contributed by atoms with E-state index in [9.17, 15) is 9.90 Å². The quantitative estimate of drug-likeness (QED) is 0.579. The first kappa shape index (κ1) is 22.3. The van der Waals surface area contributed by atoms with Crippen LogP contribution in [0.5, 0.6) is 0 Å². The highest BCUT2D eigenvalue weighted by Gasteiger charge is 2.26. The SMILES string of the molecule is N#Cc1ccc(-c2c(CO)c(C(=O)NN3CCCCC3)nn2-c2ccc(Cl)cc2Cl)cc1. The summed E-state index contributed by atoms with van der Waals surface area (Å²) in [5.74, 6) is -0.394. The topological polar surface area (TPSA) is 94.2 Å². The van der Waals surface area contributed by atoms with Crippen LogP contribution in [0.4, 0.5) is 0 Å². The lowest BCUT2D eigenvalue weighted by atomic mass is 10.0. The third kappa shape index (κ3) is 4.50. The molecular weight excluding hydrogens is 449 g/mol. The van der Waals surface area contributed by atoms with E-state index in [-0.39, 0.29) is 5.69 Å². The van der Waals surface area contributed by atoms with Crippen molar-refractivity contribution in [2.75, 3.05) is 13.1 Å². The number of benzene rings is 2. The van der Waals surface area contributed by atoms with E-state index in [1.807, 2.05) is 5.01 Å². The number of halogens is 2. The third-order valence-corrected chi connectivity index (χ3v) is 5.94. The van der Waals surface area contributed by atoms with Crippen molar-refractivity contribution in [2.24, 2.45) is 0 Å². The van der Waals surface area contributed by atoms with E-state index in [1.165, 1.54) is 4.68 Å². The number of hydrogen-bond donors (Lipinski definition) is 2. The first-order chi connectivity index (χ1) is 15.5. The molecule has 0 bridgehead atoms. The molecule has 0 radical (unpaired) electrons. The molecule has 1 aliphatic rings. The zero-order valence-electron chi connectivity index (χ0n) is 17.2. The number of nitrogens with one attached hydrogen (secondary N) is 1. The molecule has 1 aliphatic heterocycles. The Morgan fingerprint density at radius 3 is 2.47 bits per heavy atom. The predicted octanol–water partition coefficient (Wildman–Crippen LogP) is 4.34. The van der Waals surface area contributed by atoms with Gasteiger partial charge in [-0.05, 0) is 43.2 Å². The molecule has 2 N–H and O–H groups in total. The van der Waals surface area contributed by atoms with Gasteiger partial charge in [-0.2, -0.15) is 10.4 Å². The molecule has 0 unspecified atom stereocenters. The molecule has 0 atom stereocenters. The van der Waals surface area contributed by atoms with Gasteiger partial charge in [0.05, 0.1) is 34.6 Å². The molecule has 164 valence electrons. The van der Waals surface area contributed by atoms with Crippen LogP contribution in [0.25, 0.3) is 16.9 Å². The summed E-state index contributed by atoms with van der Waals surface area (Å²) in [6, 6.07) is 13.9. The molecule has 2 heterocycles. The van der Waals surface area contributed by atoms with Crippen LogP contribution in [0.2, 0.25) is 10.0 Å². The Morgan fingerprint density at radius 1 is 1.12 bits per heavy atom. The van der Waals surface area contributed by atoms with Crippen LogP contribution in [0.1, 0.15) is 40.9 Å². The van der Waals surface area contributed by atoms with Crippen LogP contribution >= 0.6 is 23.2 Å². The highest BCUT2D eigenvalue weighted by molar-refractivity contribution is 6.35. The van der Waals surface area contributed by atoms with Crippen LogP contribution < -0.4 is 5.43 Å². The molecule has 0 aliphatic carbocycles. The molecule has 1 fully saturated rings. The number of hydrogen-bond acceptors (Lipinski definition) is 5. The highest BCUT2D eigenvalue weighted by Crippen LogP contribution is 2.33. The molecule has 1 saturated heterocycles. The summed E-state index contributed by atoms with van der Waals surface area (Å²) in [6.45, 7) is 1.14. The summed E-state index contributed by atoms with van der Waals surface area (Å²) in [4.78, 5) is 13.1. The van der Waals surface area contributed by atoms with Crippen molar-refractivity contribution < 1.29 is 9.90 Å². The van der Waals surface area contributed by atoms with Gasteiger partial charge in [-0.25, -0.2) is 9.69 Å². The first-order valence-electron chi connectivity index (χ1n) is 10.3. The maximum absolute atomic E-state index is 13.1. The second-order valence-electron chi connectivity index (χ2n) is 7.52. The Balaban J connectivity index is 1.85. The largest absolute Gasteiger partial charge is 0.392 e. The normalized spacial score (nSPS) is 14.2. The van der Waals surface area contributed by atoms with E-state index in [2.05, 4.69) is 16.6 Å².